The summed E-state index contributed by atoms with van der Waals surface area (Å²) in [5.41, 5.74) is 1.18. The van der Waals surface area contributed by atoms with Crippen molar-refractivity contribution in [3.63, 3.8) is 0 Å². The van der Waals surface area contributed by atoms with E-state index in [-0.39, 0.29) is 5.82 Å². The number of aliphatic imine (C=N–C) groups is 1. The Labute approximate surface area is 125 Å². The van der Waals surface area contributed by atoms with Crippen molar-refractivity contribution in [2.24, 2.45) is 4.99 Å². The minimum Gasteiger partial charge on any atom is -0.211 e. The topological polar surface area (TPSA) is 29.4 Å². The molecule has 3 heteroatoms. The van der Waals surface area contributed by atoms with E-state index in [9.17, 15) is 9.18 Å². The van der Waals surface area contributed by atoms with Crippen LogP contribution in [0.5, 0.6) is 0 Å². The molecule has 1 aromatic rings. The zero-order chi connectivity index (χ0) is 14.7. The molecule has 2 aliphatic carbocycles. The molecule has 0 radical (unpaired) electrons. The van der Waals surface area contributed by atoms with Gasteiger partial charge in [0.05, 0.1) is 5.54 Å². The third-order valence-corrected chi connectivity index (χ3v) is 5.27. The lowest BCUT2D eigenvalue weighted by Crippen LogP contribution is -2.19. The van der Waals surface area contributed by atoms with Gasteiger partial charge in [-0.15, -0.1) is 0 Å². The van der Waals surface area contributed by atoms with Crippen molar-refractivity contribution in [1.82, 2.24) is 0 Å². The first-order valence-electron chi connectivity index (χ1n) is 8.14. The molecule has 0 N–H and O–H groups in total. The molecular formula is C18H22FNO. The van der Waals surface area contributed by atoms with Crippen molar-refractivity contribution < 1.29 is 9.18 Å². The predicted molar refractivity (Wildman–Crippen MR) is 80.5 cm³/mol. The van der Waals surface area contributed by atoms with Crippen LogP contribution in [0.4, 0.5) is 4.39 Å². The number of isocyanates is 1. The molecule has 0 aliphatic heterocycles. The maximum atomic E-state index is 14.6. The molecule has 2 aliphatic rings. The number of hydrogen-bond donors (Lipinski definition) is 0. The van der Waals surface area contributed by atoms with Crippen LogP contribution in [0.3, 0.4) is 0 Å². The molecule has 21 heavy (non-hydrogen) atoms. The van der Waals surface area contributed by atoms with Crippen molar-refractivity contribution in [1.29, 1.82) is 0 Å². The molecule has 112 valence electrons. The van der Waals surface area contributed by atoms with E-state index in [2.05, 4.69) is 4.99 Å². The number of carbonyl (C=O) groups excluding carboxylic acids is 1. The highest BCUT2D eigenvalue weighted by atomic mass is 19.1. The van der Waals surface area contributed by atoms with Crippen LogP contribution in [0.1, 0.15) is 74.8 Å². The Hall–Kier alpha value is -1.47. The van der Waals surface area contributed by atoms with Crippen LogP contribution in [0.25, 0.3) is 0 Å². The first-order valence-corrected chi connectivity index (χ1v) is 8.14. The van der Waals surface area contributed by atoms with Crippen LogP contribution in [-0.2, 0) is 10.3 Å². The average Bonchev–Trinajstić information content (AvgIpc) is 2.98. The third kappa shape index (κ3) is 2.80. The van der Waals surface area contributed by atoms with Crippen molar-refractivity contribution in [2.45, 2.75) is 69.2 Å². The molecule has 2 saturated carbocycles. The van der Waals surface area contributed by atoms with Gasteiger partial charge in [-0.05, 0) is 48.8 Å². The van der Waals surface area contributed by atoms with Gasteiger partial charge < -0.3 is 0 Å². The quantitative estimate of drug-likeness (QED) is 0.569. The van der Waals surface area contributed by atoms with Crippen molar-refractivity contribution in [3.05, 3.63) is 35.1 Å². The maximum absolute atomic E-state index is 14.6. The highest BCUT2D eigenvalue weighted by Gasteiger charge is 2.36. The Morgan fingerprint density at radius 2 is 1.81 bits per heavy atom. The molecule has 0 spiro atoms. The highest BCUT2D eigenvalue weighted by Crippen LogP contribution is 2.43. The Morgan fingerprint density at radius 3 is 2.43 bits per heavy atom. The van der Waals surface area contributed by atoms with Gasteiger partial charge in [-0.2, -0.15) is 4.99 Å². The van der Waals surface area contributed by atoms with Gasteiger partial charge in [-0.3, -0.25) is 0 Å². The minimum absolute atomic E-state index is 0.119. The van der Waals surface area contributed by atoms with Gasteiger partial charge in [-0.1, -0.05) is 44.2 Å². The predicted octanol–water partition coefficient (Wildman–Crippen LogP) is 4.98. The van der Waals surface area contributed by atoms with Gasteiger partial charge >= 0.3 is 0 Å². The summed E-state index contributed by atoms with van der Waals surface area (Å²) in [4.78, 5) is 14.8. The second-order valence-electron chi connectivity index (χ2n) is 6.51. The molecule has 0 unspecified atom stereocenters. The monoisotopic (exact) mass is 287 g/mol. The molecule has 0 saturated heterocycles. The average molecular weight is 287 g/mol. The van der Waals surface area contributed by atoms with E-state index in [0.29, 0.717) is 5.92 Å². The van der Waals surface area contributed by atoms with E-state index in [1.807, 2.05) is 12.1 Å². The number of benzene rings is 1. The SMILES string of the molecule is O=C=NC1(c2ccc(C3CCCCC3)c(F)c2)CCCC1. The summed E-state index contributed by atoms with van der Waals surface area (Å²) in [6, 6.07) is 5.54. The van der Waals surface area contributed by atoms with Gasteiger partial charge in [0.25, 0.3) is 0 Å². The molecular weight excluding hydrogens is 265 g/mol. The van der Waals surface area contributed by atoms with Crippen molar-refractivity contribution in [3.8, 4) is 0 Å². The summed E-state index contributed by atoms with van der Waals surface area (Å²) in [5, 5.41) is 0. The highest BCUT2D eigenvalue weighted by molar-refractivity contribution is 5.40. The summed E-state index contributed by atoms with van der Waals surface area (Å²) < 4.78 is 14.6. The van der Waals surface area contributed by atoms with Gasteiger partial charge in [0, 0.05) is 0 Å². The molecule has 2 fully saturated rings. The summed E-state index contributed by atoms with van der Waals surface area (Å²) in [7, 11) is 0. The molecule has 3 rings (SSSR count). The number of halogens is 1. The second-order valence-corrected chi connectivity index (χ2v) is 6.51. The lowest BCUT2D eigenvalue weighted by atomic mass is 9.82. The van der Waals surface area contributed by atoms with Crippen molar-refractivity contribution in [2.75, 3.05) is 0 Å². The third-order valence-electron chi connectivity index (χ3n) is 5.27. The fraction of sp³-hybridized carbons (Fsp3) is 0.611. The lowest BCUT2D eigenvalue weighted by Gasteiger charge is -2.26. The van der Waals surface area contributed by atoms with Crippen LogP contribution in [-0.4, -0.2) is 6.08 Å². The fourth-order valence-corrected chi connectivity index (χ4v) is 4.07. The first-order chi connectivity index (χ1) is 10.2. The Bertz CT molecular complexity index is 550. The van der Waals surface area contributed by atoms with E-state index in [4.69, 9.17) is 0 Å². The van der Waals surface area contributed by atoms with E-state index >= 15 is 0 Å². The Balaban J connectivity index is 1.91. The van der Waals surface area contributed by atoms with E-state index in [0.717, 1.165) is 49.7 Å². The van der Waals surface area contributed by atoms with Gasteiger partial charge in [0.1, 0.15) is 5.82 Å². The van der Waals surface area contributed by atoms with Crippen LogP contribution in [0.15, 0.2) is 23.2 Å². The maximum Gasteiger partial charge on any atom is 0.235 e. The zero-order valence-electron chi connectivity index (χ0n) is 12.4. The number of hydrogen-bond acceptors (Lipinski definition) is 2. The molecule has 2 nitrogen and oxygen atoms in total. The molecule has 0 amide bonds. The molecule has 1 aromatic carbocycles. The Kier molecular flexibility index (Phi) is 4.21. The zero-order valence-corrected chi connectivity index (χ0v) is 12.4. The largest absolute Gasteiger partial charge is 0.235 e. The standard InChI is InChI=1S/C18H22FNO/c19-17-12-15(18(20-13-21)10-4-5-11-18)8-9-16(17)14-6-2-1-3-7-14/h8-9,12,14H,1-7,10-11H2. The summed E-state index contributed by atoms with van der Waals surface area (Å²) in [6.45, 7) is 0. The first kappa shape index (κ1) is 14.5. The molecule has 0 heterocycles. The van der Waals surface area contributed by atoms with Gasteiger partial charge in [0.15, 0.2) is 0 Å². The van der Waals surface area contributed by atoms with Gasteiger partial charge in [-0.25, -0.2) is 9.18 Å². The van der Waals surface area contributed by atoms with Gasteiger partial charge in [0.2, 0.25) is 6.08 Å². The summed E-state index contributed by atoms with van der Waals surface area (Å²) in [6.07, 6.45) is 11.3. The Morgan fingerprint density at radius 1 is 1.10 bits per heavy atom. The molecule has 0 atom stereocenters. The number of nitrogens with zero attached hydrogens (tertiary/aromatic N) is 1. The van der Waals surface area contributed by atoms with Crippen LogP contribution in [0, 0.1) is 5.82 Å². The number of rotatable bonds is 3. The lowest BCUT2D eigenvalue weighted by molar-refractivity contribution is 0.425. The van der Waals surface area contributed by atoms with E-state index in [1.54, 1.807) is 12.1 Å². The smallest absolute Gasteiger partial charge is 0.211 e. The van der Waals surface area contributed by atoms with Crippen LogP contribution >= 0.6 is 0 Å². The van der Waals surface area contributed by atoms with E-state index < -0.39 is 5.54 Å². The minimum atomic E-state index is -0.520. The summed E-state index contributed by atoms with van der Waals surface area (Å²) in [5.74, 6) is 0.244. The van der Waals surface area contributed by atoms with Crippen LogP contribution < -0.4 is 0 Å². The normalized spacial score (nSPS) is 22.0. The second kappa shape index (κ2) is 6.11. The van der Waals surface area contributed by atoms with E-state index in [1.165, 1.54) is 19.3 Å². The van der Waals surface area contributed by atoms with Crippen molar-refractivity contribution >= 4 is 6.08 Å². The fourth-order valence-electron chi connectivity index (χ4n) is 4.07. The molecule has 0 aromatic heterocycles. The molecule has 0 bridgehead atoms. The van der Waals surface area contributed by atoms with Crippen LogP contribution in [0.2, 0.25) is 0 Å². The summed E-state index contributed by atoms with van der Waals surface area (Å²) >= 11 is 0.